The highest BCUT2D eigenvalue weighted by Gasteiger charge is 2.28. The first-order chi connectivity index (χ1) is 22.1. The molecule has 244 valence electrons. The van der Waals surface area contributed by atoms with Gasteiger partial charge >= 0.3 is 5.97 Å². The molecule has 2 aliphatic rings. The second kappa shape index (κ2) is 14.5. The Morgan fingerprint density at radius 1 is 1.09 bits per heavy atom. The van der Waals surface area contributed by atoms with Crippen LogP contribution in [0.5, 0.6) is 5.75 Å². The summed E-state index contributed by atoms with van der Waals surface area (Å²) in [7, 11) is 1.73. The number of rotatable bonds is 12. The van der Waals surface area contributed by atoms with Crippen LogP contribution in [-0.2, 0) is 25.8 Å². The van der Waals surface area contributed by atoms with Crippen LogP contribution < -0.4 is 26.0 Å². The summed E-state index contributed by atoms with van der Waals surface area (Å²) in [6.45, 7) is 12.7. The number of esters is 1. The van der Waals surface area contributed by atoms with Gasteiger partial charge in [-0.2, -0.15) is 0 Å². The number of hydrogen-bond donors (Lipinski definition) is 4. The van der Waals surface area contributed by atoms with E-state index >= 15 is 0 Å². The van der Waals surface area contributed by atoms with E-state index in [0.717, 1.165) is 44.0 Å². The molecule has 2 atom stereocenters. The first-order valence-corrected chi connectivity index (χ1v) is 15.4. The first kappa shape index (κ1) is 32.6. The van der Waals surface area contributed by atoms with E-state index in [2.05, 4.69) is 32.7 Å². The van der Waals surface area contributed by atoms with Gasteiger partial charge in [0.15, 0.2) is 13.0 Å². The van der Waals surface area contributed by atoms with E-state index in [1.807, 2.05) is 57.3 Å². The van der Waals surface area contributed by atoms with Crippen molar-refractivity contribution in [2.75, 3.05) is 54.6 Å². The molecule has 1 saturated heterocycles. The smallest absolute Gasteiger partial charge is 0.312 e. The third-order valence-electron chi connectivity index (χ3n) is 7.61. The number of hydrogen-bond acceptors (Lipinski definition) is 10. The van der Waals surface area contributed by atoms with Crippen molar-refractivity contribution in [3.05, 3.63) is 79.0 Å². The molecular formula is C34H43N7O5. The maximum absolute atomic E-state index is 12.5. The summed E-state index contributed by atoms with van der Waals surface area (Å²) in [5.41, 5.74) is 2.53. The summed E-state index contributed by atoms with van der Waals surface area (Å²) in [4.78, 5) is 31.6. The molecule has 5 rings (SSSR count). The van der Waals surface area contributed by atoms with Crippen LogP contribution in [0.2, 0.25) is 0 Å². The third-order valence-corrected chi connectivity index (χ3v) is 7.61. The second-order valence-electron chi connectivity index (χ2n) is 12.3. The monoisotopic (exact) mass is 629 g/mol. The summed E-state index contributed by atoms with van der Waals surface area (Å²) < 4.78 is 18.9. The predicted octanol–water partition coefficient (Wildman–Crippen LogP) is 4.94. The van der Waals surface area contributed by atoms with Gasteiger partial charge in [-0.25, -0.2) is 4.99 Å². The maximum Gasteiger partial charge on any atom is 0.312 e. The molecule has 0 bridgehead atoms. The fourth-order valence-corrected chi connectivity index (χ4v) is 5.13. The van der Waals surface area contributed by atoms with Crippen LogP contribution in [-0.4, -0.2) is 72.9 Å². The molecule has 2 unspecified atom stereocenters. The van der Waals surface area contributed by atoms with Gasteiger partial charge in [0.2, 0.25) is 11.8 Å². The van der Waals surface area contributed by atoms with E-state index in [-0.39, 0.29) is 18.6 Å². The Balaban J connectivity index is 1.31. The van der Waals surface area contributed by atoms with Crippen molar-refractivity contribution in [1.82, 2.24) is 9.47 Å². The summed E-state index contributed by atoms with van der Waals surface area (Å²) >= 11 is 0. The van der Waals surface area contributed by atoms with E-state index < -0.39 is 11.7 Å². The molecule has 46 heavy (non-hydrogen) atoms. The van der Waals surface area contributed by atoms with Crippen LogP contribution in [0, 0.1) is 5.41 Å². The maximum atomic E-state index is 12.5. The van der Waals surface area contributed by atoms with Crippen molar-refractivity contribution in [2.45, 2.75) is 46.3 Å². The zero-order chi connectivity index (χ0) is 32.7. The van der Waals surface area contributed by atoms with Crippen LogP contribution in [0.1, 0.15) is 32.8 Å². The molecule has 2 aromatic carbocycles. The standard InChI is InChI=1S/C34H43N7O5/c1-6-29(42)36-25-8-7-9-27(20-25)46-31-28-15-17-41(22-45-32(43)34(2,3)4)30(28)38-33(39-31)37-24-12-10-23(11-13-24)35-26-14-16-40(21-26)18-19-44-5/h6-13,15,17,20,26,33,35,37-38H,1,14,16,18-19,21-22H2,2-5H3,(H,36,42). The van der Waals surface area contributed by atoms with Gasteiger partial charge in [0.1, 0.15) is 11.6 Å². The largest absolute Gasteiger partial charge is 0.443 e. The minimum Gasteiger partial charge on any atom is -0.443 e. The molecule has 1 amide bonds. The molecule has 1 fully saturated rings. The quantitative estimate of drug-likeness (QED) is 0.163. The fourth-order valence-electron chi connectivity index (χ4n) is 5.13. The SMILES string of the molecule is C=CC(=O)Nc1cccc(OC2=NC(Nc3ccc(NC4CCN(CCOC)C4)cc3)Nc3c2ccn3COC(=O)C(C)(C)C)c1. The lowest BCUT2D eigenvalue weighted by Crippen LogP contribution is -2.35. The highest BCUT2D eigenvalue weighted by Crippen LogP contribution is 2.29. The topological polar surface area (TPSA) is 130 Å². The van der Waals surface area contributed by atoms with Crippen molar-refractivity contribution in [2.24, 2.45) is 10.4 Å². The van der Waals surface area contributed by atoms with E-state index in [4.69, 9.17) is 19.2 Å². The Morgan fingerprint density at radius 3 is 2.57 bits per heavy atom. The molecule has 4 N–H and O–H groups in total. The second-order valence-corrected chi connectivity index (χ2v) is 12.3. The van der Waals surface area contributed by atoms with Gasteiger partial charge in [-0.3, -0.25) is 14.5 Å². The van der Waals surface area contributed by atoms with Gasteiger partial charge in [-0.15, -0.1) is 0 Å². The van der Waals surface area contributed by atoms with Crippen LogP contribution >= 0.6 is 0 Å². The molecule has 0 radical (unpaired) electrons. The predicted molar refractivity (Wildman–Crippen MR) is 180 cm³/mol. The van der Waals surface area contributed by atoms with Gasteiger partial charge in [-0.05, 0) is 75.7 Å². The molecule has 2 aliphatic heterocycles. The number of carbonyl (C=O) groups excluding carboxylic acids is 2. The van der Waals surface area contributed by atoms with Crippen LogP contribution in [0.3, 0.4) is 0 Å². The minimum absolute atomic E-state index is 0.0198. The summed E-state index contributed by atoms with van der Waals surface area (Å²) in [6, 6.07) is 17.4. The lowest BCUT2D eigenvalue weighted by molar-refractivity contribution is -0.156. The van der Waals surface area contributed by atoms with E-state index in [1.165, 1.54) is 6.08 Å². The number of carbonyl (C=O) groups is 2. The number of aromatic nitrogens is 1. The summed E-state index contributed by atoms with van der Waals surface area (Å²) in [5, 5.41) is 13.2. The van der Waals surface area contributed by atoms with Gasteiger partial charge in [-0.1, -0.05) is 12.6 Å². The number of benzene rings is 2. The number of nitrogens with zero attached hydrogens (tertiary/aromatic N) is 3. The number of fused-ring (bicyclic) bond motifs is 1. The number of ether oxygens (including phenoxy) is 3. The molecule has 1 aromatic heterocycles. The average Bonchev–Trinajstić information content (AvgIpc) is 3.66. The van der Waals surface area contributed by atoms with Crippen LogP contribution in [0.25, 0.3) is 0 Å². The number of likely N-dealkylation sites (tertiary alicyclic amines) is 1. The Labute approximate surface area is 269 Å². The van der Waals surface area contributed by atoms with Crippen LogP contribution in [0.4, 0.5) is 22.9 Å². The zero-order valence-corrected chi connectivity index (χ0v) is 26.8. The number of methoxy groups -OCH3 is 1. The van der Waals surface area contributed by atoms with Crippen molar-refractivity contribution in [3.8, 4) is 5.75 Å². The van der Waals surface area contributed by atoms with Crippen molar-refractivity contribution < 1.29 is 23.8 Å². The number of anilines is 4. The number of aliphatic imine (C=N–C) groups is 1. The van der Waals surface area contributed by atoms with Crippen LogP contribution in [0.15, 0.2) is 78.4 Å². The van der Waals surface area contributed by atoms with E-state index in [1.54, 1.807) is 35.9 Å². The lowest BCUT2D eigenvalue weighted by atomic mass is 9.98. The van der Waals surface area contributed by atoms with Crippen molar-refractivity contribution >= 4 is 40.7 Å². The Morgan fingerprint density at radius 2 is 1.85 bits per heavy atom. The first-order valence-electron chi connectivity index (χ1n) is 15.4. The lowest BCUT2D eigenvalue weighted by Gasteiger charge is -2.26. The van der Waals surface area contributed by atoms with Crippen molar-refractivity contribution in [3.63, 3.8) is 0 Å². The molecule has 3 aromatic rings. The van der Waals surface area contributed by atoms with Gasteiger partial charge in [0.05, 0.1) is 17.6 Å². The highest BCUT2D eigenvalue weighted by atomic mass is 16.5. The fraction of sp³-hybridized carbons (Fsp3) is 0.382. The summed E-state index contributed by atoms with van der Waals surface area (Å²) in [5.74, 6) is 0.897. The Kier molecular flexibility index (Phi) is 10.3. The highest BCUT2D eigenvalue weighted by molar-refractivity contribution is 6.02. The normalized spacial score (nSPS) is 17.7. The Bertz CT molecular complexity index is 1560. The average molecular weight is 630 g/mol. The molecule has 12 nitrogen and oxygen atoms in total. The minimum atomic E-state index is -0.630. The molecule has 0 saturated carbocycles. The molecule has 12 heteroatoms. The van der Waals surface area contributed by atoms with Gasteiger partial charge < -0.3 is 40.0 Å². The molecule has 3 heterocycles. The number of amides is 1. The number of nitrogens with one attached hydrogen (secondary N) is 4. The van der Waals surface area contributed by atoms with Gasteiger partial charge in [0.25, 0.3) is 0 Å². The van der Waals surface area contributed by atoms with E-state index in [0.29, 0.717) is 34.8 Å². The zero-order valence-electron chi connectivity index (χ0n) is 26.8. The van der Waals surface area contributed by atoms with E-state index in [9.17, 15) is 9.59 Å². The summed E-state index contributed by atoms with van der Waals surface area (Å²) in [6.07, 6.45) is 3.51. The van der Waals surface area contributed by atoms with Gasteiger partial charge in [0, 0.05) is 62.1 Å². The molecule has 0 spiro atoms. The Hall–Kier alpha value is -4.81. The van der Waals surface area contributed by atoms with Crippen molar-refractivity contribution in [1.29, 1.82) is 0 Å². The molecular weight excluding hydrogens is 586 g/mol. The molecule has 0 aliphatic carbocycles. The third kappa shape index (κ3) is 8.46.